The quantitative estimate of drug-likeness (QED) is 0.741. The van der Waals surface area contributed by atoms with Crippen LogP contribution < -0.4 is 5.56 Å². The van der Waals surface area contributed by atoms with Crippen molar-refractivity contribution in [2.45, 2.75) is 38.2 Å². The average molecular weight is 343 g/mol. The number of rotatable bonds is 4. The highest BCUT2D eigenvalue weighted by atomic mass is 16.3. The summed E-state index contributed by atoms with van der Waals surface area (Å²) in [6.07, 6.45) is 3.39. The van der Waals surface area contributed by atoms with Crippen LogP contribution in [0.3, 0.4) is 0 Å². The molecular weight excluding hydrogens is 322 g/mol. The molecule has 0 unspecified atom stereocenters. The second kappa shape index (κ2) is 6.11. The Morgan fingerprint density at radius 3 is 2.84 bits per heavy atom. The number of H-pyrrole nitrogens is 2. The van der Waals surface area contributed by atoms with Crippen LogP contribution in [0.5, 0.6) is 0 Å². The molecule has 3 N–H and O–H groups in total. The lowest BCUT2D eigenvalue weighted by atomic mass is 10.0. The fourth-order valence-electron chi connectivity index (χ4n) is 3.36. The van der Waals surface area contributed by atoms with Crippen LogP contribution in [0.25, 0.3) is 0 Å². The van der Waals surface area contributed by atoms with E-state index in [1.165, 1.54) is 11.1 Å². The molecule has 132 valence electrons. The minimum atomic E-state index is -0.626. The number of aromatic amines is 2. The number of β-amino-alcohol motifs (C(OH)–C–C–N with tert-alkyl or cyclic N) is 1. The Labute approximate surface area is 144 Å². The van der Waals surface area contributed by atoms with E-state index in [1.807, 2.05) is 13.0 Å². The van der Waals surface area contributed by atoms with Crippen molar-refractivity contribution in [3.63, 3.8) is 0 Å². The van der Waals surface area contributed by atoms with Gasteiger partial charge in [0.2, 0.25) is 0 Å². The molecule has 25 heavy (non-hydrogen) atoms. The first-order valence-electron chi connectivity index (χ1n) is 8.58. The first-order valence-corrected chi connectivity index (χ1v) is 8.58. The van der Waals surface area contributed by atoms with E-state index in [0.29, 0.717) is 24.7 Å². The molecule has 1 saturated heterocycles. The smallest absolute Gasteiger partial charge is 0.263 e. The predicted octanol–water partition coefficient (Wildman–Crippen LogP) is 0.354. The van der Waals surface area contributed by atoms with Gasteiger partial charge in [0.1, 0.15) is 11.4 Å². The number of aromatic nitrogens is 4. The summed E-state index contributed by atoms with van der Waals surface area (Å²) in [6, 6.07) is 1.93. The van der Waals surface area contributed by atoms with Gasteiger partial charge in [0.25, 0.3) is 11.5 Å². The van der Waals surface area contributed by atoms with E-state index in [0.717, 1.165) is 24.2 Å². The maximum Gasteiger partial charge on any atom is 0.263 e. The van der Waals surface area contributed by atoms with Gasteiger partial charge in [-0.2, -0.15) is 5.10 Å². The number of carbonyl (C=O) groups excluding carboxylic acids is 1. The molecule has 0 spiro atoms. The summed E-state index contributed by atoms with van der Waals surface area (Å²) < 4.78 is 0. The highest BCUT2D eigenvalue weighted by molar-refractivity contribution is 5.93. The minimum absolute atomic E-state index is 0.0351. The summed E-state index contributed by atoms with van der Waals surface area (Å²) in [4.78, 5) is 33.3. The zero-order valence-corrected chi connectivity index (χ0v) is 14.0. The van der Waals surface area contributed by atoms with Gasteiger partial charge < -0.3 is 15.0 Å². The number of aliphatic hydroxyl groups excluding tert-OH is 1. The van der Waals surface area contributed by atoms with Gasteiger partial charge in [-0.15, -0.1) is 0 Å². The minimum Gasteiger partial charge on any atom is -0.391 e. The van der Waals surface area contributed by atoms with E-state index in [1.54, 1.807) is 0 Å². The van der Waals surface area contributed by atoms with E-state index in [4.69, 9.17) is 0 Å². The molecule has 1 saturated carbocycles. The van der Waals surface area contributed by atoms with Gasteiger partial charge in [-0.1, -0.05) is 0 Å². The van der Waals surface area contributed by atoms with Gasteiger partial charge in [0, 0.05) is 36.8 Å². The van der Waals surface area contributed by atoms with Crippen molar-refractivity contribution >= 4 is 5.91 Å². The second-order valence-electron chi connectivity index (χ2n) is 7.07. The Bertz CT molecular complexity index is 854. The van der Waals surface area contributed by atoms with Crippen molar-refractivity contribution < 1.29 is 9.90 Å². The van der Waals surface area contributed by atoms with Crippen LogP contribution in [0.2, 0.25) is 0 Å². The lowest BCUT2D eigenvalue weighted by molar-refractivity contribution is 0.0762. The number of carbonyl (C=O) groups is 1. The summed E-state index contributed by atoms with van der Waals surface area (Å²) in [7, 11) is 0. The maximum atomic E-state index is 12.6. The third kappa shape index (κ3) is 3.21. The highest BCUT2D eigenvalue weighted by Gasteiger charge is 2.36. The molecule has 2 aliphatic rings. The van der Waals surface area contributed by atoms with Crippen LogP contribution in [0, 0.1) is 12.8 Å². The molecule has 1 aliphatic carbocycles. The largest absolute Gasteiger partial charge is 0.391 e. The summed E-state index contributed by atoms with van der Waals surface area (Å²) in [6.45, 7) is 2.54. The van der Waals surface area contributed by atoms with Crippen LogP contribution in [0.4, 0.5) is 0 Å². The van der Waals surface area contributed by atoms with E-state index < -0.39 is 11.7 Å². The van der Waals surface area contributed by atoms with Crippen molar-refractivity contribution in [3.05, 3.63) is 45.4 Å². The van der Waals surface area contributed by atoms with Crippen molar-refractivity contribution in [3.8, 4) is 0 Å². The third-order valence-corrected chi connectivity index (χ3v) is 4.94. The zero-order chi connectivity index (χ0) is 17.6. The number of hydrogen-bond donors (Lipinski definition) is 3. The predicted molar refractivity (Wildman–Crippen MR) is 89.3 cm³/mol. The number of hydrogen-bond acceptors (Lipinski definition) is 5. The van der Waals surface area contributed by atoms with Crippen LogP contribution >= 0.6 is 0 Å². The molecule has 2 aromatic rings. The molecule has 0 radical (unpaired) electrons. The Morgan fingerprint density at radius 1 is 1.40 bits per heavy atom. The summed E-state index contributed by atoms with van der Waals surface area (Å²) >= 11 is 0. The highest BCUT2D eigenvalue weighted by Crippen LogP contribution is 2.37. The molecule has 0 bridgehead atoms. The lowest BCUT2D eigenvalue weighted by Gasteiger charge is -2.15. The fourth-order valence-corrected chi connectivity index (χ4v) is 3.36. The molecule has 2 atom stereocenters. The van der Waals surface area contributed by atoms with Gasteiger partial charge in [0.15, 0.2) is 0 Å². The van der Waals surface area contributed by atoms with Crippen molar-refractivity contribution in [1.29, 1.82) is 0 Å². The standard InChI is InChI=1S/C17H21N5O3/c1-9-4-12(21-20-9)5-11-7-22(8-14(11)23)17(25)13-6-18-15(10-2-3-10)19-16(13)24/h4,6,10-11,14,23H,2-3,5,7-8H2,1H3,(H,20,21)(H,18,19,24)/t11-,14-/m1/s1. The van der Waals surface area contributed by atoms with Gasteiger partial charge in [0.05, 0.1) is 11.8 Å². The SMILES string of the molecule is Cc1cc(C[C@@H]2CN(C(=O)c3cnc(C4CC4)[nH]c3=O)C[C@H]2O)n[nH]1. The Balaban J connectivity index is 1.46. The number of aliphatic hydroxyl groups is 1. The Morgan fingerprint density at radius 2 is 2.20 bits per heavy atom. The van der Waals surface area contributed by atoms with Crippen LogP contribution in [-0.4, -0.2) is 55.3 Å². The van der Waals surface area contributed by atoms with Crippen LogP contribution in [-0.2, 0) is 6.42 Å². The number of nitrogens with zero attached hydrogens (tertiary/aromatic N) is 3. The Kier molecular flexibility index (Phi) is 3.91. The molecule has 3 heterocycles. The van der Waals surface area contributed by atoms with Gasteiger partial charge in [-0.05, 0) is 32.3 Å². The topological polar surface area (TPSA) is 115 Å². The third-order valence-electron chi connectivity index (χ3n) is 4.94. The number of nitrogens with one attached hydrogen (secondary N) is 2. The molecule has 1 aliphatic heterocycles. The maximum absolute atomic E-state index is 12.6. The van der Waals surface area contributed by atoms with E-state index in [2.05, 4.69) is 20.2 Å². The molecule has 2 aromatic heterocycles. The van der Waals surface area contributed by atoms with E-state index >= 15 is 0 Å². The first kappa shape index (κ1) is 16.0. The first-order chi connectivity index (χ1) is 12.0. The van der Waals surface area contributed by atoms with Gasteiger partial charge >= 0.3 is 0 Å². The van der Waals surface area contributed by atoms with Crippen LogP contribution in [0.1, 0.15) is 46.3 Å². The normalized spacial score (nSPS) is 23.2. The van der Waals surface area contributed by atoms with Crippen molar-refractivity contribution in [2.24, 2.45) is 5.92 Å². The molecule has 4 rings (SSSR count). The molecule has 1 amide bonds. The average Bonchev–Trinajstić information content (AvgIpc) is 3.26. The Hall–Kier alpha value is -2.48. The summed E-state index contributed by atoms with van der Waals surface area (Å²) in [5.74, 6) is 0.516. The van der Waals surface area contributed by atoms with Gasteiger partial charge in [-0.3, -0.25) is 14.7 Å². The van der Waals surface area contributed by atoms with Crippen molar-refractivity contribution in [2.75, 3.05) is 13.1 Å². The van der Waals surface area contributed by atoms with Crippen molar-refractivity contribution in [1.82, 2.24) is 25.1 Å². The second-order valence-corrected chi connectivity index (χ2v) is 7.07. The molecule has 8 heteroatoms. The molecule has 0 aromatic carbocycles. The number of amides is 1. The summed E-state index contributed by atoms with van der Waals surface area (Å²) in [5.41, 5.74) is 1.46. The molecular formula is C17H21N5O3. The summed E-state index contributed by atoms with van der Waals surface area (Å²) in [5, 5.41) is 17.3. The molecule has 8 nitrogen and oxygen atoms in total. The monoisotopic (exact) mass is 343 g/mol. The van der Waals surface area contributed by atoms with E-state index in [9.17, 15) is 14.7 Å². The van der Waals surface area contributed by atoms with E-state index in [-0.39, 0.29) is 23.9 Å². The number of aryl methyl sites for hydroxylation is 1. The fraction of sp³-hybridized carbons (Fsp3) is 0.529. The van der Waals surface area contributed by atoms with Gasteiger partial charge in [-0.25, -0.2) is 4.98 Å². The number of likely N-dealkylation sites (tertiary alicyclic amines) is 1. The zero-order valence-electron chi connectivity index (χ0n) is 14.0. The lowest BCUT2D eigenvalue weighted by Crippen LogP contribution is -2.34. The van der Waals surface area contributed by atoms with Crippen LogP contribution in [0.15, 0.2) is 17.1 Å². The molecule has 2 fully saturated rings.